The molecule has 33 heavy (non-hydrogen) atoms. The van der Waals surface area contributed by atoms with Crippen molar-refractivity contribution in [1.82, 2.24) is 10.2 Å². The number of rotatable bonds is 4. The number of hydrogen-bond acceptors (Lipinski definition) is 4. The van der Waals surface area contributed by atoms with Crippen LogP contribution in [0.5, 0.6) is 5.75 Å². The second kappa shape index (κ2) is 8.89. The van der Waals surface area contributed by atoms with Crippen molar-refractivity contribution in [3.05, 3.63) is 53.6 Å². The van der Waals surface area contributed by atoms with Crippen LogP contribution in [-0.4, -0.2) is 43.1 Å². The lowest BCUT2D eigenvalue weighted by molar-refractivity contribution is -0.274. The molecule has 1 aliphatic carbocycles. The fourth-order valence-electron chi connectivity index (χ4n) is 5.35. The Morgan fingerprint density at radius 3 is 2.39 bits per heavy atom. The van der Waals surface area contributed by atoms with E-state index in [1.807, 2.05) is 12.1 Å². The van der Waals surface area contributed by atoms with Gasteiger partial charge in [-0.1, -0.05) is 30.3 Å². The number of carbonyl (C=O) groups is 1. The molecule has 1 amide bonds. The molecule has 0 saturated carbocycles. The van der Waals surface area contributed by atoms with Gasteiger partial charge in [0.1, 0.15) is 11.9 Å². The summed E-state index contributed by atoms with van der Waals surface area (Å²) in [6, 6.07) is 11.8. The number of piperidine rings is 3. The minimum Gasteiger partial charge on any atom is -0.445 e. The Labute approximate surface area is 190 Å². The second-order valence-electron chi connectivity index (χ2n) is 9.16. The number of ether oxygens (including phenoxy) is 2. The Morgan fingerprint density at radius 2 is 1.73 bits per heavy atom. The van der Waals surface area contributed by atoms with Crippen molar-refractivity contribution >= 4 is 6.09 Å². The lowest BCUT2D eigenvalue weighted by Crippen LogP contribution is -2.52. The van der Waals surface area contributed by atoms with Crippen LogP contribution in [0.2, 0.25) is 0 Å². The van der Waals surface area contributed by atoms with Crippen LogP contribution in [0.15, 0.2) is 42.5 Å². The molecule has 3 saturated heterocycles. The summed E-state index contributed by atoms with van der Waals surface area (Å²) >= 11 is 0. The monoisotopic (exact) mass is 460 g/mol. The van der Waals surface area contributed by atoms with Crippen LogP contribution in [-0.2, 0) is 11.2 Å². The van der Waals surface area contributed by atoms with Crippen LogP contribution >= 0.6 is 0 Å². The number of aryl methyl sites for hydroxylation is 1. The first-order valence-corrected chi connectivity index (χ1v) is 11.5. The molecule has 4 aliphatic rings. The fraction of sp³-hybridized carbons (Fsp3) is 0.480. The number of nitrogens with zero attached hydrogens (tertiary/aromatic N) is 1. The highest BCUT2D eigenvalue weighted by Gasteiger charge is 2.37. The summed E-state index contributed by atoms with van der Waals surface area (Å²) in [6.07, 6.45) is -0.203. The number of fused-ring (bicyclic) bond motifs is 4. The SMILES string of the molecule is O=C(NC1CCCc2cc(-c3ccc(OC(F)(F)F)cc3)ccc21)O[C@H]1CN2CCC1CC2. The molecule has 0 spiro atoms. The Kier molecular flexibility index (Phi) is 5.95. The van der Waals surface area contributed by atoms with Gasteiger partial charge in [-0.2, -0.15) is 0 Å². The quantitative estimate of drug-likeness (QED) is 0.659. The van der Waals surface area contributed by atoms with Crippen LogP contribution < -0.4 is 10.1 Å². The molecule has 1 N–H and O–H groups in total. The summed E-state index contributed by atoms with van der Waals surface area (Å²) in [5, 5.41) is 3.07. The Hall–Kier alpha value is -2.74. The Bertz CT molecular complexity index is 1000. The van der Waals surface area contributed by atoms with E-state index in [9.17, 15) is 18.0 Å². The number of nitrogens with one attached hydrogen (secondary N) is 1. The predicted molar refractivity (Wildman–Crippen MR) is 117 cm³/mol. The van der Waals surface area contributed by atoms with Crippen molar-refractivity contribution in [2.75, 3.05) is 19.6 Å². The molecule has 2 bridgehead atoms. The van der Waals surface area contributed by atoms with E-state index in [4.69, 9.17) is 4.74 Å². The molecule has 2 aromatic carbocycles. The van der Waals surface area contributed by atoms with Gasteiger partial charge < -0.3 is 14.8 Å². The third-order valence-corrected chi connectivity index (χ3v) is 7.03. The number of hydrogen-bond donors (Lipinski definition) is 1. The van der Waals surface area contributed by atoms with Crippen LogP contribution in [0.1, 0.15) is 42.9 Å². The van der Waals surface area contributed by atoms with Gasteiger partial charge in [-0.3, -0.25) is 4.90 Å². The van der Waals surface area contributed by atoms with E-state index < -0.39 is 6.36 Å². The molecular weight excluding hydrogens is 433 g/mol. The molecule has 176 valence electrons. The van der Waals surface area contributed by atoms with Crippen LogP contribution in [0.25, 0.3) is 11.1 Å². The standard InChI is InChI=1S/C25H27F3N2O3/c26-25(27,28)33-20-7-4-16(5-8-20)18-6-9-21-19(14-18)2-1-3-22(21)29-24(31)32-23-15-30-12-10-17(23)11-13-30/h4-9,14,17,22-23H,1-3,10-13,15H2,(H,29,31)/t22?,23-/m0/s1. The highest BCUT2D eigenvalue weighted by atomic mass is 19.4. The maximum atomic E-state index is 12.6. The van der Waals surface area contributed by atoms with E-state index in [1.54, 1.807) is 12.1 Å². The van der Waals surface area contributed by atoms with Gasteiger partial charge in [-0.25, -0.2) is 4.79 Å². The largest absolute Gasteiger partial charge is 0.573 e. The zero-order valence-electron chi connectivity index (χ0n) is 18.2. The minimum absolute atomic E-state index is 0.0257. The number of benzene rings is 2. The predicted octanol–water partition coefficient (Wildman–Crippen LogP) is 5.45. The van der Waals surface area contributed by atoms with Gasteiger partial charge in [-0.05, 0) is 85.5 Å². The highest BCUT2D eigenvalue weighted by Crippen LogP contribution is 2.35. The van der Waals surface area contributed by atoms with Crippen molar-refractivity contribution in [3.63, 3.8) is 0 Å². The van der Waals surface area contributed by atoms with Gasteiger partial charge >= 0.3 is 12.5 Å². The zero-order valence-corrected chi connectivity index (χ0v) is 18.2. The van der Waals surface area contributed by atoms with E-state index in [1.165, 1.54) is 12.1 Å². The van der Waals surface area contributed by atoms with E-state index in [0.29, 0.717) is 5.92 Å². The maximum Gasteiger partial charge on any atom is 0.573 e. The molecular formula is C25H27F3N2O3. The average Bonchev–Trinajstić information content (AvgIpc) is 2.79. The van der Waals surface area contributed by atoms with E-state index >= 15 is 0 Å². The number of alkyl carbamates (subject to hydrolysis) is 1. The minimum atomic E-state index is -4.70. The number of carbonyl (C=O) groups excluding carboxylic acids is 1. The van der Waals surface area contributed by atoms with Gasteiger partial charge in [0.2, 0.25) is 0 Å². The molecule has 0 aromatic heterocycles. The summed E-state index contributed by atoms with van der Waals surface area (Å²) in [5.41, 5.74) is 3.95. The first-order chi connectivity index (χ1) is 15.8. The number of amides is 1. The van der Waals surface area contributed by atoms with Gasteiger partial charge in [0.05, 0.1) is 6.04 Å². The van der Waals surface area contributed by atoms with Crippen molar-refractivity contribution in [2.24, 2.45) is 5.92 Å². The summed E-state index contributed by atoms with van der Waals surface area (Å²) in [4.78, 5) is 15.0. The van der Waals surface area contributed by atoms with Crippen LogP contribution in [0.3, 0.4) is 0 Å². The summed E-state index contributed by atoms with van der Waals surface area (Å²) in [6.45, 7) is 3.03. The van der Waals surface area contributed by atoms with E-state index in [0.717, 1.165) is 74.0 Å². The molecule has 8 heteroatoms. The highest BCUT2D eigenvalue weighted by molar-refractivity contribution is 5.69. The molecule has 0 radical (unpaired) electrons. The van der Waals surface area contributed by atoms with Gasteiger partial charge in [0, 0.05) is 6.54 Å². The second-order valence-corrected chi connectivity index (χ2v) is 9.16. The summed E-state index contributed by atoms with van der Waals surface area (Å²) in [7, 11) is 0. The molecule has 2 atom stereocenters. The van der Waals surface area contributed by atoms with Crippen molar-refractivity contribution in [1.29, 1.82) is 0 Å². The lowest BCUT2D eigenvalue weighted by Gasteiger charge is -2.44. The van der Waals surface area contributed by atoms with Gasteiger partial charge in [0.25, 0.3) is 0 Å². The maximum absolute atomic E-state index is 12.6. The van der Waals surface area contributed by atoms with E-state index in [-0.39, 0.29) is 24.0 Å². The molecule has 6 rings (SSSR count). The third kappa shape index (κ3) is 5.11. The Balaban J connectivity index is 1.25. The lowest BCUT2D eigenvalue weighted by atomic mass is 9.85. The van der Waals surface area contributed by atoms with Crippen molar-refractivity contribution < 1.29 is 27.4 Å². The summed E-state index contributed by atoms with van der Waals surface area (Å²) in [5.74, 6) is 0.227. The van der Waals surface area contributed by atoms with Crippen LogP contribution in [0, 0.1) is 5.92 Å². The molecule has 1 unspecified atom stereocenters. The number of alkyl halides is 3. The van der Waals surface area contributed by atoms with Crippen molar-refractivity contribution in [3.8, 4) is 16.9 Å². The third-order valence-electron chi connectivity index (χ3n) is 7.03. The van der Waals surface area contributed by atoms with Crippen molar-refractivity contribution in [2.45, 2.75) is 50.6 Å². The van der Waals surface area contributed by atoms with E-state index in [2.05, 4.69) is 21.0 Å². The average molecular weight is 460 g/mol. The molecule has 2 aromatic rings. The smallest absolute Gasteiger partial charge is 0.445 e. The molecule has 5 nitrogen and oxygen atoms in total. The van der Waals surface area contributed by atoms with Gasteiger partial charge in [0.15, 0.2) is 0 Å². The van der Waals surface area contributed by atoms with Crippen LogP contribution in [0.4, 0.5) is 18.0 Å². The normalized spacial score (nSPS) is 26.4. The molecule has 3 fully saturated rings. The zero-order chi connectivity index (χ0) is 23.0. The number of halogens is 3. The first kappa shape index (κ1) is 22.1. The molecule has 3 aliphatic heterocycles. The molecule has 3 heterocycles. The topological polar surface area (TPSA) is 50.8 Å². The van der Waals surface area contributed by atoms with Gasteiger partial charge in [-0.15, -0.1) is 13.2 Å². The Morgan fingerprint density at radius 1 is 1.00 bits per heavy atom. The summed E-state index contributed by atoms with van der Waals surface area (Å²) < 4.78 is 46.9. The fourth-order valence-corrected chi connectivity index (χ4v) is 5.35. The first-order valence-electron chi connectivity index (χ1n) is 11.5.